The fourth-order valence-electron chi connectivity index (χ4n) is 2.73. The second kappa shape index (κ2) is 13.6. The van der Waals surface area contributed by atoms with Crippen LogP contribution in [0.15, 0.2) is 60.7 Å². The molecule has 0 radical (unpaired) electrons. The van der Waals surface area contributed by atoms with E-state index in [2.05, 4.69) is 16.0 Å². The number of benzene rings is 2. The van der Waals surface area contributed by atoms with Crippen molar-refractivity contribution in [2.45, 2.75) is 19.1 Å². The van der Waals surface area contributed by atoms with Gasteiger partial charge in [-0.3, -0.25) is 19.2 Å². The van der Waals surface area contributed by atoms with Crippen LogP contribution in [0.1, 0.15) is 11.1 Å². The Balaban J connectivity index is 1.77. The molecule has 2 rings (SSSR count). The van der Waals surface area contributed by atoms with Crippen molar-refractivity contribution in [1.29, 1.82) is 0 Å². The Morgan fingerprint density at radius 1 is 0.788 bits per heavy atom. The van der Waals surface area contributed by atoms with Crippen LogP contribution in [0.4, 0.5) is 4.79 Å². The molecule has 174 valence electrons. The van der Waals surface area contributed by atoms with Gasteiger partial charge in [0.05, 0.1) is 18.5 Å². The van der Waals surface area contributed by atoms with E-state index in [4.69, 9.17) is 16.3 Å². The molecule has 9 nitrogen and oxygen atoms in total. The van der Waals surface area contributed by atoms with Crippen molar-refractivity contribution in [1.82, 2.24) is 16.0 Å². The van der Waals surface area contributed by atoms with Crippen LogP contribution < -0.4 is 16.0 Å². The second-order valence-corrected chi connectivity index (χ2v) is 7.19. The lowest BCUT2D eigenvalue weighted by atomic mass is 10.0. The van der Waals surface area contributed by atoms with E-state index in [9.17, 15) is 24.0 Å². The fourth-order valence-corrected chi connectivity index (χ4v) is 2.86. The van der Waals surface area contributed by atoms with Gasteiger partial charge < -0.3 is 20.7 Å². The summed E-state index contributed by atoms with van der Waals surface area (Å²) in [5.74, 6) is -3.45. The van der Waals surface area contributed by atoms with Crippen molar-refractivity contribution in [3.05, 3.63) is 71.8 Å². The van der Waals surface area contributed by atoms with Crippen molar-refractivity contribution in [3.8, 4) is 0 Å². The number of carbonyl (C=O) groups is 5. The molecule has 0 fully saturated rings. The van der Waals surface area contributed by atoms with Crippen LogP contribution in [0.2, 0.25) is 0 Å². The third-order valence-corrected chi connectivity index (χ3v) is 4.63. The molecule has 0 unspecified atom stereocenters. The van der Waals surface area contributed by atoms with Gasteiger partial charge >= 0.3 is 6.09 Å². The highest BCUT2D eigenvalue weighted by Crippen LogP contribution is 2.05. The Hall–Kier alpha value is -3.72. The Kier molecular flexibility index (Phi) is 10.6. The van der Waals surface area contributed by atoms with Crippen molar-refractivity contribution >= 4 is 41.1 Å². The summed E-state index contributed by atoms with van der Waals surface area (Å²) in [6.45, 7) is -0.806. The fraction of sp³-hybridized carbons (Fsp3) is 0.261. The summed E-state index contributed by atoms with van der Waals surface area (Å²) in [7, 11) is 0. The van der Waals surface area contributed by atoms with Crippen LogP contribution in [0, 0.1) is 0 Å². The Bertz CT molecular complexity index is 969. The third-order valence-electron chi connectivity index (χ3n) is 4.38. The molecule has 0 aliphatic rings. The number of hydrogen-bond donors (Lipinski definition) is 3. The minimum absolute atomic E-state index is 0.0502. The first-order valence-electron chi connectivity index (χ1n) is 10.1. The van der Waals surface area contributed by atoms with E-state index in [0.717, 1.165) is 11.1 Å². The van der Waals surface area contributed by atoms with Gasteiger partial charge in [-0.1, -0.05) is 60.7 Å². The maximum absolute atomic E-state index is 12.3. The molecule has 2 aromatic rings. The average molecular weight is 474 g/mol. The van der Waals surface area contributed by atoms with E-state index in [0.29, 0.717) is 0 Å². The minimum atomic E-state index is -1.12. The number of hydrogen-bond acceptors (Lipinski definition) is 6. The van der Waals surface area contributed by atoms with E-state index in [-0.39, 0.29) is 13.0 Å². The number of ether oxygens (including phenoxy) is 1. The van der Waals surface area contributed by atoms with Gasteiger partial charge in [0.25, 0.3) is 0 Å². The maximum Gasteiger partial charge on any atom is 0.407 e. The lowest BCUT2D eigenvalue weighted by molar-refractivity contribution is -0.137. The normalized spacial score (nSPS) is 11.1. The van der Waals surface area contributed by atoms with Gasteiger partial charge in [-0.25, -0.2) is 4.79 Å². The van der Waals surface area contributed by atoms with Gasteiger partial charge in [-0.05, 0) is 11.1 Å². The first-order valence-corrected chi connectivity index (χ1v) is 10.6. The Morgan fingerprint density at radius 2 is 1.36 bits per heavy atom. The topological polar surface area (TPSA) is 131 Å². The summed E-state index contributed by atoms with van der Waals surface area (Å²) >= 11 is 5.47. The molecule has 0 heterocycles. The van der Waals surface area contributed by atoms with Gasteiger partial charge in [0.2, 0.25) is 23.4 Å². The molecule has 3 amide bonds. The summed E-state index contributed by atoms with van der Waals surface area (Å²) < 4.78 is 4.98. The molecule has 33 heavy (non-hydrogen) atoms. The van der Waals surface area contributed by atoms with Crippen LogP contribution >= 0.6 is 11.6 Å². The van der Waals surface area contributed by atoms with E-state index in [1.165, 1.54) is 0 Å². The van der Waals surface area contributed by atoms with E-state index >= 15 is 0 Å². The molecule has 0 aromatic heterocycles. The van der Waals surface area contributed by atoms with Crippen LogP contribution in [-0.4, -0.2) is 54.5 Å². The van der Waals surface area contributed by atoms with Crippen LogP contribution in [-0.2, 0) is 36.9 Å². The number of alkyl carbamates (subject to hydrolysis) is 1. The Morgan fingerprint density at radius 3 is 1.97 bits per heavy atom. The van der Waals surface area contributed by atoms with Gasteiger partial charge in [-0.2, -0.15) is 0 Å². The zero-order valence-electron chi connectivity index (χ0n) is 17.7. The molecular formula is C23H24ClN3O6. The monoisotopic (exact) mass is 473 g/mol. The molecule has 0 saturated carbocycles. The number of amides is 3. The largest absolute Gasteiger partial charge is 0.445 e. The second-order valence-electron chi connectivity index (χ2n) is 6.92. The number of halogens is 1. The summed E-state index contributed by atoms with van der Waals surface area (Å²) in [5, 5.41) is 7.04. The van der Waals surface area contributed by atoms with Crippen LogP contribution in [0.5, 0.6) is 0 Å². The molecule has 0 aliphatic heterocycles. The van der Waals surface area contributed by atoms with E-state index in [1.807, 2.05) is 6.07 Å². The first-order chi connectivity index (χ1) is 15.9. The molecular weight excluding hydrogens is 450 g/mol. The summed E-state index contributed by atoms with van der Waals surface area (Å²) in [4.78, 5) is 59.8. The molecule has 0 bridgehead atoms. The summed E-state index contributed by atoms with van der Waals surface area (Å²) in [6, 6.07) is 16.7. The van der Waals surface area contributed by atoms with Crippen molar-refractivity contribution in [2.75, 3.05) is 19.0 Å². The molecule has 2 aromatic carbocycles. The quantitative estimate of drug-likeness (QED) is 0.313. The standard InChI is InChI=1S/C23H24ClN3O6/c24-12-19(28)22(31)18(11-16-7-3-1-4-8-16)27-21(30)14-25-20(29)13-26-23(32)33-15-17-9-5-2-6-10-17/h1-10,18H,11-15H2,(H,25,29)(H,26,32)(H,27,30)/t18-/m0/s1. The highest BCUT2D eigenvalue weighted by atomic mass is 35.5. The average Bonchev–Trinajstić information content (AvgIpc) is 2.84. The summed E-state index contributed by atoms with van der Waals surface area (Å²) in [5.41, 5.74) is 1.53. The lowest BCUT2D eigenvalue weighted by Gasteiger charge is -2.17. The number of nitrogens with one attached hydrogen (secondary N) is 3. The molecule has 1 atom stereocenters. The number of Topliss-reactive ketones (excluding diaryl/α,β-unsaturated/α-hetero) is 2. The molecule has 0 aliphatic carbocycles. The number of carbonyl (C=O) groups excluding carboxylic acids is 5. The Labute approximate surface area is 195 Å². The minimum Gasteiger partial charge on any atom is -0.445 e. The van der Waals surface area contributed by atoms with Crippen molar-refractivity contribution < 1.29 is 28.7 Å². The van der Waals surface area contributed by atoms with Gasteiger partial charge in [0.15, 0.2) is 0 Å². The molecule has 0 saturated heterocycles. The predicted octanol–water partition coefficient (Wildman–Crippen LogP) is 1.13. The highest BCUT2D eigenvalue weighted by molar-refractivity contribution is 6.48. The lowest BCUT2D eigenvalue weighted by Crippen LogP contribution is -2.49. The third kappa shape index (κ3) is 9.53. The van der Waals surface area contributed by atoms with Crippen LogP contribution in [0.3, 0.4) is 0 Å². The zero-order valence-corrected chi connectivity index (χ0v) is 18.5. The van der Waals surface area contributed by atoms with Crippen LogP contribution in [0.25, 0.3) is 0 Å². The number of alkyl halides is 1. The maximum atomic E-state index is 12.3. The SMILES string of the molecule is O=C(CNC(=O)OCc1ccccc1)NCC(=O)N[C@@H](Cc1ccccc1)C(=O)C(=O)CCl. The highest BCUT2D eigenvalue weighted by Gasteiger charge is 2.26. The predicted molar refractivity (Wildman–Crippen MR) is 120 cm³/mol. The zero-order chi connectivity index (χ0) is 24.1. The van der Waals surface area contributed by atoms with Gasteiger partial charge in [0.1, 0.15) is 13.2 Å². The van der Waals surface area contributed by atoms with E-state index in [1.54, 1.807) is 54.6 Å². The number of rotatable bonds is 12. The molecule has 10 heteroatoms. The van der Waals surface area contributed by atoms with Crippen molar-refractivity contribution in [3.63, 3.8) is 0 Å². The van der Waals surface area contributed by atoms with E-state index < -0.39 is 54.5 Å². The smallest absolute Gasteiger partial charge is 0.407 e. The summed E-state index contributed by atoms with van der Waals surface area (Å²) in [6.07, 6.45) is -0.692. The van der Waals surface area contributed by atoms with Crippen molar-refractivity contribution in [2.24, 2.45) is 0 Å². The number of ketones is 2. The van der Waals surface area contributed by atoms with Gasteiger partial charge in [0, 0.05) is 6.42 Å². The first kappa shape index (κ1) is 25.5. The molecule has 0 spiro atoms. The molecule has 3 N–H and O–H groups in total. The van der Waals surface area contributed by atoms with Gasteiger partial charge in [-0.15, -0.1) is 11.6 Å².